The minimum atomic E-state index is -0.533. The summed E-state index contributed by atoms with van der Waals surface area (Å²) in [6, 6.07) is -0.215. The lowest BCUT2D eigenvalue weighted by Gasteiger charge is -2.32. The highest BCUT2D eigenvalue weighted by Crippen LogP contribution is 2.26. The molecule has 0 aromatic heterocycles. The zero-order valence-electron chi connectivity index (χ0n) is 11.1. The molecule has 5 nitrogen and oxygen atoms in total. The third-order valence-corrected chi connectivity index (χ3v) is 4.09. The normalized spacial score (nSPS) is 26.6. The quantitative estimate of drug-likeness (QED) is 0.746. The summed E-state index contributed by atoms with van der Waals surface area (Å²) >= 11 is 5.11. The van der Waals surface area contributed by atoms with Crippen molar-refractivity contribution in [3.8, 4) is 0 Å². The fourth-order valence-electron chi connectivity index (χ4n) is 2.77. The van der Waals surface area contributed by atoms with Crippen LogP contribution in [0.1, 0.15) is 32.1 Å². The second kappa shape index (κ2) is 7.17. The molecule has 0 bridgehead atoms. The molecule has 19 heavy (non-hydrogen) atoms. The largest absolute Gasteiger partial charge is 0.392 e. The number of rotatable bonds is 4. The summed E-state index contributed by atoms with van der Waals surface area (Å²) in [4.78, 5) is 12.5. The van der Waals surface area contributed by atoms with Crippen LogP contribution in [0.3, 0.4) is 0 Å². The van der Waals surface area contributed by atoms with Crippen molar-refractivity contribution in [1.29, 1.82) is 0 Å². The molecule has 108 valence electrons. The summed E-state index contributed by atoms with van der Waals surface area (Å²) < 4.78 is 10.6. The Balaban J connectivity index is 1.91. The van der Waals surface area contributed by atoms with Crippen molar-refractivity contribution < 1.29 is 14.3 Å². The Morgan fingerprint density at radius 3 is 2.58 bits per heavy atom. The Morgan fingerprint density at radius 2 is 2.00 bits per heavy atom. The van der Waals surface area contributed by atoms with E-state index in [1.165, 1.54) is 19.3 Å². The van der Waals surface area contributed by atoms with E-state index < -0.39 is 6.10 Å². The third-order valence-electron chi connectivity index (χ3n) is 3.83. The Hall–Kier alpha value is -0.720. The molecule has 0 aromatic rings. The van der Waals surface area contributed by atoms with Crippen LogP contribution in [0.5, 0.6) is 0 Å². The first-order chi connectivity index (χ1) is 9.18. The van der Waals surface area contributed by atoms with Crippen LogP contribution in [0.2, 0.25) is 0 Å². The van der Waals surface area contributed by atoms with Gasteiger partial charge in [-0.3, -0.25) is 4.79 Å². The number of nitrogens with two attached hydrogens (primary N) is 1. The molecular formula is C13H22N2O3S. The van der Waals surface area contributed by atoms with E-state index in [2.05, 4.69) is 5.32 Å². The number of thiocarbonyl (C=S) groups is 1. The van der Waals surface area contributed by atoms with Gasteiger partial charge in [0.15, 0.2) is 6.10 Å². The van der Waals surface area contributed by atoms with Gasteiger partial charge >= 0.3 is 0 Å². The van der Waals surface area contributed by atoms with Crippen molar-refractivity contribution in [2.45, 2.75) is 44.2 Å². The first-order valence-corrected chi connectivity index (χ1v) is 7.38. The van der Waals surface area contributed by atoms with E-state index in [1.807, 2.05) is 0 Å². The molecule has 0 aromatic carbocycles. The van der Waals surface area contributed by atoms with Crippen LogP contribution in [0.15, 0.2) is 0 Å². The molecule has 3 N–H and O–H groups in total. The predicted molar refractivity (Wildman–Crippen MR) is 75.9 cm³/mol. The summed E-state index contributed by atoms with van der Waals surface area (Å²) in [6.07, 6.45) is 5.24. The van der Waals surface area contributed by atoms with Gasteiger partial charge in [0.05, 0.1) is 30.9 Å². The van der Waals surface area contributed by atoms with E-state index in [1.54, 1.807) is 0 Å². The zero-order chi connectivity index (χ0) is 13.7. The van der Waals surface area contributed by atoms with Gasteiger partial charge in [0.2, 0.25) is 0 Å². The lowest BCUT2D eigenvalue weighted by molar-refractivity contribution is -0.148. The molecule has 1 aliphatic heterocycles. The third kappa shape index (κ3) is 4.12. The van der Waals surface area contributed by atoms with Crippen LogP contribution in [0.25, 0.3) is 0 Å². The first-order valence-electron chi connectivity index (χ1n) is 6.97. The number of amides is 1. The van der Waals surface area contributed by atoms with Gasteiger partial charge in [-0.1, -0.05) is 31.5 Å². The highest BCUT2D eigenvalue weighted by molar-refractivity contribution is 7.80. The second-order valence-corrected chi connectivity index (χ2v) is 5.69. The minimum absolute atomic E-state index is 0.164. The van der Waals surface area contributed by atoms with Crippen molar-refractivity contribution in [1.82, 2.24) is 5.32 Å². The topological polar surface area (TPSA) is 73.6 Å². The van der Waals surface area contributed by atoms with Gasteiger partial charge in [0.1, 0.15) is 0 Å². The van der Waals surface area contributed by atoms with Crippen LogP contribution in [0, 0.1) is 5.92 Å². The van der Waals surface area contributed by atoms with Gasteiger partial charge in [-0.2, -0.15) is 0 Å². The lowest BCUT2D eigenvalue weighted by Crippen LogP contribution is -2.53. The summed E-state index contributed by atoms with van der Waals surface area (Å²) in [7, 11) is 0. The molecule has 1 amide bonds. The van der Waals surface area contributed by atoms with Crippen LogP contribution in [0.4, 0.5) is 0 Å². The predicted octanol–water partition coefficient (Wildman–Crippen LogP) is 0.753. The zero-order valence-corrected chi connectivity index (χ0v) is 11.9. The molecular weight excluding hydrogens is 264 g/mol. The van der Waals surface area contributed by atoms with Gasteiger partial charge < -0.3 is 20.5 Å². The smallest absolute Gasteiger partial charge is 0.252 e. The molecule has 2 rings (SSSR count). The van der Waals surface area contributed by atoms with Crippen molar-refractivity contribution in [2.24, 2.45) is 11.7 Å². The summed E-state index contributed by atoms with van der Waals surface area (Å²) in [5.41, 5.74) is 5.79. The first kappa shape index (κ1) is 14.7. The van der Waals surface area contributed by atoms with Gasteiger partial charge in [0, 0.05) is 0 Å². The Morgan fingerprint density at radius 1 is 1.26 bits per heavy atom. The standard InChI is InChI=1S/C13H22N2O3S/c14-12(19)11(9-4-2-1-3-5-9)15-13(16)10-8-17-6-7-18-10/h9-11H,1-8H2,(H2,14,19)(H,15,16). The molecule has 2 atom stereocenters. The van der Waals surface area contributed by atoms with Crippen molar-refractivity contribution in [3.63, 3.8) is 0 Å². The molecule has 0 spiro atoms. The SMILES string of the molecule is NC(=S)C(NC(=O)C1COCCO1)C1CCCCC1. The van der Waals surface area contributed by atoms with Gasteiger partial charge in [-0.25, -0.2) is 0 Å². The summed E-state index contributed by atoms with van der Waals surface area (Å²) in [6.45, 7) is 1.31. The molecule has 1 heterocycles. The molecule has 2 aliphatic rings. The molecule has 2 fully saturated rings. The maximum Gasteiger partial charge on any atom is 0.252 e. The molecule has 6 heteroatoms. The van der Waals surface area contributed by atoms with Crippen LogP contribution >= 0.6 is 12.2 Å². The van der Waals surface area contributed by atoms with E-state index in [4.69, 9.17) is 27.4 Å². The summed E-state index contributed by atoms with van der Waals surface area (Å²) in [5.74, 6) is 0.197. The molecule has 1 saturated carbocycles. The van der Waals surface area contributed by atoms with E-state index in [-0.39, 0.29) is 11.9 Å². The van der Waals surface area contributed by atoms with E-state index in [0.29, 0.717) is 30.7 Å². The lowest BCUT2D eigenvalue weighted by atomic mass is 9.83. The van der Waals surface area contributed by atoms with Crippen LogP contribution < -0.4 is 11.1 Å². The second-order valence-electron chi connectivity index (χ2n) is 5.22. The molecule has 1 aliphatic carbocycles. The maximum absolute atomic E-state index is 12.1. The highest BCUT2D eigenvalue weighted by atomic mass is 32.1. The maximum atomic E-state index is 12.1. The van der Waals surface area contributed by atoms with Crippen LogP contribution in [-0.2, 0) is 14.3 Å². The number of hydrogen-bond acceptors (Lipinski definition) is 4. The monoisotopic (exact) mass is 286 g/mol. The molecule has 2 unspecified atom stereocenters. The molecule has 1 saturated heterocycles. The van der Waals surface area contributed by atoms with Gasteiger partial charge in [-0.05, 0) is 18.8 Å². The van der Waals surface area contributed by atoms with E-state index in [0.717, 1.165) is 12.8 Å². The van der Waals surface area contributed by atoms with Crippen molar-refractivity contribution >= 4 is 23.1 Å². The van der Waals surface area contributed by atoms with Gasteiger partial charge in [-0.15, -0.1) is 0 Å². The number of carbonyl (C=O) groups is 1. The number of hydrogen-bond donors (Lipinski definition) is 2. The van der Waals surface area contributed by atoms with Crippen molar-refractivity contribution in [2.75, 3.05) is 19.8 Å². The van der Waals surface area contributed by atoms with Gasteiger partial charge in [0.25, 0.3) is 5.91 Å². The Labute approximate surface area is 119 Å². The fourth-order valence-corrected chi connectivity index (χ4v) is 3.03. The van der Waals surface area contributed by atoms with E-state index >= 15 is 0 Å². The fraction of sp³-hybridized carbons (Fsp3) is 0.846. The number of ether oxygens (including phenoxy) is 2. The Kier molecular flexibility index (Phi) is 5.54. The minimum Gasteiger partial charge on any atom is -0.392 e. The number of carbonyl (C=O) groups excluding carboxylic acids is 1. The van der Waals surface area contributed by atoms with Crippen LogP contribution in [-0.4, -0.2) is 42.9 Å². The van der Waals surface area contributed by atoms with E-state index in [9.17, 15) is 4.79 Å². The molecule has 0 radical (unpaired) electrons. The Bertz CT molecular complexity index is 326. The average molecular weight is 286 g/mol. The summed E-state index contributed by atoms with van der Waals surface area (Å²) in [5, 5.41) is 2.95. The van der Waals surface area contributed by atoms with Crippen molar-refractivity contribution in [3.05, 3.63) is 0 Å². The highest BCUT2D eigenvalue weighted by Gasteiger charge is 2.30. The number of nitrogens with one attached hydrogen (secondary N) is 1. The average Bonchev–Trinajstić information content (AvgIpc) is 2.46.